The van der Waals surface area contributed by atoms with E-state index in [9.17, 15) is 22.8 Å². The molecule has 1 aliphatic rings. The Morgan fingerprint density at radius 3 is 2.89 bits per heavy atom. The Bertz CT molecular complexity index is 867. The smallest absolute Gasteiger partial charge is 0.417 e. The number of carbonyl (C=O) groups is 1. The number of nitrogens with one attached hydrogen (secondary N) is 2. The summed E-state index contributed by atoms with van der Waals surface area (Å²) in [5, 5.41) is 8.96. The normalized spacial score (nSPS) is 13.8. The van der Waals surface area contributed by atoms with Crippen LogP contribution >= 0.6 is 0 Å². The van der Waals surface area contributed by atoms with Gasteiger partial charge in [-0.2, -0.15) is 18.3 Å². The van der Waals surface area contributed by atoms with Gasteiger partial charge in [-0.3, -0.25) is 4.79 Å². The van der Waals surface area contributed by atoms with Crippen LogP contribution in [0.3, 0.4) is 0 Å². The van der Waals surface area contributed by atoms with Crippen LogP contribution in [0, 0.1) is 0 Å². The summed E-state index contributed by atoms with van der Waals surface area (Å²) in [6.07, 6.45) is -3.23. The zero-order valence-corrected chi connectivity index (χ0v) is 14.0. The van der Waals surface area contributed by atoms with Crippen molar-refractivity contribution in [2.75, 3.05) is 19.7 Å². The lowest BCUT2D eigenvalue weighted by atomic mass is 10.1. The van der Waals surface area contributed by atoms with Crippen molar-refractivity contribution in [1.29, 1.82) is 0 Å². The van der Waals surface area contributed by atoms with Gasteiger partial charge < -0.3 is 15.0 Å². The number of aromatic amines is 1. The van der Waals surface area contributed by atoms with E-state index < -0.39 is 11.7 Å². The Hall–Kier alpha value is -3.11. The summed E-state index contributed by atoms with van der Waals surface area (Å²) in [5.74, 6) is 0.0365. The minimum atomic E-state index is -4.45. The average molecular weight is 383 g/mol. The lowest BCUT2D eigenvalue weighted by Crippen LogP contribution is -2.44. The van der Waals surface area contributed by atoms with E-state index in [0.29, 0.717) is 24.7 Å². The molecule has 144 valence electrons. The fourth-order valence-electron chi connectivity index (χ4n) is 2.58. The number of hydrogen-bond acceptors (Lipinski definition) is 5. The molecule has 0 fully saturated rings. The van der Waals surface area contributed by atoms with Crippen molar-refractivity contribution < 1.29 is 22.7 Å². The van der Waals surface area contributed by atoms with Gasteiger partial charge in [-0.05, 0) is 6.07 Å². The molecule has 2 aromatic heterocycles. The minimum absolute atomic E-state index is 0.0365. The molecule has 0 aliphatic carbocycles. The minimum Gasteiger partial charge on any atom is -0.476 e. The van der Waals surface area contributed by atoms with Gasteiger partial charge in [-0.15, -0.1) is 0 Å². The number of aromatic nitrogens is 3. The maximum absolute atomic E-state index is 12.5. The fourth-order valence-corrected chi connectivity index (χ4v) is 2.58. The van der Waals surface area contributed by atoms with Crippen LogP contribution in [0.15, 0.2) is 29.2 Å². The first-order valence-corrected chi connectivity index (χ1v) is 8.09. The molecule has 2 N–H and O–H groups in total. The Morgan fingerprint density at radius 1 is 1.37 bits per heavy atom. The van der Waals surface area contributed by atoms with E-state index in [1.54, 1.807) is 4.90 Å². The Balaban J connectivity index is 1.44. The van der Waals surface area contributed by atoms with Crippen LogP contribution in [0.1, 0.15) is 16.8 Å². The van der Waals surface area contributed by atoms with Gasteiger partial charge in [0, 0.05) is 43.4 Å². The maximum Gasteiger partial charge on any atom is 0.417 e. The van der Waals surface area contributed by atoms with Gasteiger partial charge in [0.2, 0.25) is 5.88 Å². The number of nitrogens with zero attached hydrogens (tertiary/aromatic N) is 3. The summed E-state index contributed by atoms with van der Waals surface area (Å²) in [7, 11) is 0. The molecule has 11 heteroatoms. The van der Waals surface area contributed by atoms with Gasteiger partial charge in [0.05, 0.1) is 17.8 Å². The van der Waals surface area contributed by atoms with Crippen molar-refractivity contribution in [3.05, 3.63) is 51.6 Å². The first kappa shape index (κ1) is 18.7. The molecule has 0 saturated heterocycles. The molecule has 2 aromatic rings. The monoisotopic (exact) mass is 383 g/mol. The first-order chi connectivity index (χ1) is 12.8. The largest absolute Gasteiger partial charge is 0.476 e. The number of ether oxygens (including phenoxy) is 1. The van der Waals surface area contributed by atoms with Crippen LogP contribution in [-0.2, 0) is 19.1 Å². The van der Waals surface area contributed by atoms with E-state index in [1.807, 2.05) is 0 Å². The summed E-state index contributed by atoms with van der Waals surface area (Å²) >= 11 is 0. The number of hydrogen-bond donors (Lipinski definition) is 2. The van der Waals surface area contributed by atoms with Crippen LogP contribution < -0.4 is 15.6 Å². The molecule has 3 heterocycles. The fraction of sp³-hybridized carbons (Fsp3) is 0.375. The van der Waals surface area contributed by atoms with Crippen molar-refractivity contribution in [2.45, 2.75) is 19.1 Å². The Labute approximate surface area is 151 Å². The summed E-state index contributed by atoms with van der Waals surface area (Å²) in [6.45, 7) is 0.937. The summed E-state index contributed by atoms with van der Waals surface area (Å²) in [5.41, 5.74) is 0.274. The second kappa shape index (κ2) is 7.64. The lowest BCUT2D eigenvalue weighted by Gasteiger charge is -2.27. The third-order valence-electron chi connectivity index (χ3n) is 3.94. The second-order valence-electron chi connectivity index (χ2n) is 5.84. The topological polar surface area (TPSA) is 100 Å². The van der Waals surface area contributed by atoms with Crippen LogP contribution in [0.5, 0.6) is 5.88 Å². The van der Waals surface area contributed by atoms with Crippen LogP contribution in [0.25, 0.3) is 0 Å². The van der Waals surface area contributed by atoms with Crippen LogP contribution in [0.4, 0.5) is 18.0 Å². The predicted molar refractivity (Wildman–Crippen MR) is 87.1 cm³/mol. The van der Waals surface area contributed by atoms with E-state index in [2.05, 4.69) is 20.5 Å². The number of fused-ring (bicyclic) bond motifs is 1. The number of halogens is 3. The highest BCUT2D eigenvalue weighted by molar-refractivity contribution is 5.74. The molecule has 3 rings (SSSR count). The van der Waals surface area contributed by atoms with E-state index in [-0.39, 0.29) is 37.2 Å². The second-order valence-corrected chi connectivity index (χ2v) is 5.84. The van der Waals surface area contributed by atoms with Gasteiger partial charge in [0.25, 0.3) is 5.56 Å². The molecule has 0 spiro atoms. The van der Waals surface area contributed by atoms with Crippen molar-refractivity contribution in [1.82, 2.24) is 25.4 Å². The lowest BCUT2D eigenvalue weighted by molar-refractivity contribution is -0.137. The maximum atomic E-state index is 12.5. The van der Waals surface area contributed by atoms with Gasteiger partial charge in [-0.25, -0.2) is 14.9 Å². The summed E-state index contributed by atoms with van der Waals surface area (Å²) in [4.78, 5) is 28.6. The molecule has 0 bridgehead atoms. The van der Waals surface area contributed by atoms with Crippen molar-refractivity contribution in [3.63, 3.8) is 0 Å². The molecule has 2 amide bonds. The van der Waals surface area contributed by atoms with E-state index in [1.165, 1.54) is 6.07 Å². The molecular formula is C16H16F3N5O3. The van der Waals surface area contributed by atoms with Crippen molar-refractivity contribution in [3.8, 4) is 5.88 Å². The molecule has 27 heavy (non-hydrogen) atoms. The van der Waals surface area contributed by atoms with E-state index in [0.717, 1.165) is 17.8 Å². The Morgan fingerprint density at radius 2 is 2.19 bits per heavy atom. The number of urea groups is 1. The Kier molecular flexibility index (Phi) is 5.28. The number of H-pyrrole nitrogens is 1. The zero-order chi connectivity index (χ0) is 19.4. The highest BCUT2D eigenvalue weighted by Crippen LogP contribution is 2.29. The number of rotatable bonds is 4. The van der Waals surface area contributed by atoms with Crippen molar-refractivity contribution >= 4 is 6.03 Å². The standard InChI is InChI=1S/C16H16F3N5O3/c17-16(18,19)11-1-2-14(21-8-11)27-6-4-20-15(26)24-5-3-12-10(9-24)7-13(25)23-22-12/h1-2,7-8H,3-6,9H2,(H,20,26)(H,23,25). The molecule has 0 unspecified atom stereocenters. The first-order valence-electron chi connectivity index (χ1n) is 8.09. The SMILES string of the molecule is O=C(NCCOc1ccc(C(F)(F)F)cn1)N1CCc2n[nH]c(=O)cc2C1. The van der Waals surface area contributed by atoms with Gasteiger partial charge >= 0.3 is 12.2 Å². The molecule has 8 nitrogen and oxygen atoms in total. The van der Waals surface area contributed by atoms with Gasteiger partial charge in [0.1, 0.15) is 6.61 Å². The summed E-state index contributed by atoms with van der Waals surface area (Å²) < 4.78 is 42.6. The number of carbonyl (C=O) groups excluding carboxylic acids is 1. The highest BCUT2D eigenvalue weighted by atomic mass is 19.4. The van der Waals surface area contributed by atoms with Gasteiger partial charge in [0.15, 0.2) is 0 Å². The average Bonchev–Trinajstić information content (AvgIpc) is 2.64. The number of alkyl halides is 3. The molecule has 1 aliphatic heterocycles. The summed E-state index contributed by atoms with van der Waals surface area (Å²) in [6, 6.07) is 3.09. The predicted octanol–water partition coefficient (Wildman–Crippen LogP) is 1.33. The molecule has 0 aromatic carbocycles. The molecule has 0 radical (unpaired) electrons. The number of amides is 2. The van der Waals surface area contributed by atoms with E-state index in [4.69, 9.17) is 4.74 Å². The zero-order valence-electron chi connectivity index (χ0n) is 14.0. The highest BCUT2D eigenvalue weighted by Gasteiger charge is 2.30. The van der Waals surface area contributed by atoms with Gasteiger partial charge in [-0.1, -0.05) is 0 Å². The quantitative estimate of drug-likeness (QED) is 0.776. The molecule has 0 atom stereocenters. The van der Waals surface area contributed by atoms with Crippen LogP contribution in [0.2, 0.25) is 0 Å². The van der Waals surface area contributed by atoms with Crippen molar-refractivity contribution in [2.24, 2.45) is 0 Å². The number of pyridine rings is 1. The molecule has 0 saturated carbocycles. The van der Waals surface area contributed by atoms with Crippen LogP contribution in [-0.4, -0.2) is 45.8 Å². The molecular weight excluding hydrogens is 367 g/mol. The van der Waals surface area contributed by atoms with E-state index >= 15 is 0 Å². The third-order valence-corrected chi connectivity index (χ3v) is 3.94. The third kappa shape index (κ3) is 4.74.